The van der Waals surface area contributed by atoms with E-state index in [2.05, 4.69) is 20.6 Å². The molecular weight excluding hydrogens is 272 g/mol. The van der Waals surface area contributed by atoms with E-state index in [0.717, 1.165) is 0 Å². The molecule has 2 rings (SSSR count). The van der Waals surface area contributed by atoms with E-state index < -0.39 is 4.92 Å². The lowest BCUT2D eigenvalue weighted by Crippen LogP contribution is -2.22. The van der Waals surface area contributed by atoms with Gasteiger partial charge in [0.15, 0.2) is 0 Å². The van der Waals surface area contributed by atoms with Crippen LogP contribution in [0.25, 0.3) is 0 Å². The highest BCUT2D eigenvalue weighted by Crippen LogP contribution is 2.21. The molecule has 0 spiro atoms. The third-order valence-electron chi connectivity index (χ3n) is 2.82. The Balaban J connectivity index is 2.12. The van der Waals surface area contributed by atoms with Gasteiger partial charge in [-0.05, 0) is 13.8 Å². The van der Waals surface area contributed by atoms with E-state index >= 15 is 0 Å². The van der Waals surface area contributed by atoms with E-state index in [1.807, 2.05) is 24.6 Å². The van der Waals surface area contributed by atoms with E-state index in [4.69, 9.17) is 0 Å². The van der Waals surface area contributed by atoms with Gasteiger partial charge in [0, 0.05) is 31.5 Å². The van der Waals surface area contributed by atoms with Crippen molar-refractivity contribution in [2.24, 2.45) is 0 Å². The highest BCUT2D eigenvalue weighted by molar-refractivity contribution is 5.54. The summed E-state index contributed by atoms with van der Waals surface area (Å²) < 4.78 is 1.93. The molecule has 1 atom stereocenters. The highest BCUT2D eigenvalue weighted by Gasteiger charge is 2.12. The summed E-state index contributed by atoms with van der Waals surface area (Å²) in [5.74, 6) is 0.969. The lowest BCUT2D eigenvalue weighted by Gasteiger charge is -2.15. The van der Waals surface area contributed by atoms with Gasteiger partial charge in [-0.3, -0.25) is 10.1 Å². The summed E-state index contributed by atoms with van der Waals surface area (Å²) in [7, 11) is 0. The van der Waals surface area contributed by atoms with Crippen molar-refractivity contribution in [2.75, 3.05) is 17.2 Å². The van der Waals surface area contributed by atoms with Gasteiger partial charge in [0.05, 0.1) is 23.4 Å². The van der Waals surface area contributed by atoms with Crippen LogP contribution in [0.4, 0.5) is 17.3 Å². The fraction of sp³-hybridized carbons (Fsp3) is 0.385. The number of aromatic nitrogens is 3. The zero-order valence-electron chi connectivity index (χ0n) is 12.0. The average molecular weight is 290 g/mol. The first-order valence-electron chi connectivity index (χ1n) is 6.71. The second-order valence-electron chi connectivity index (χ2n) is 4.69. The minimum Gasteiger partial charge on any atom is -0.370 e. The maximum Gasteiger partial charge on any atom is 0.276 e. The van der Waals surface area contributed by atoms with Crippen molar-refractivity contribution in [3.63, 3.8) is 0 Å². The molecule has 0 fully saturated rings. The minimum atomic E-state index is -0.422. The molecule has 0 aliphatic rings. The molecule has 112 valence electrons. The summed E-state index contributed by atoms with van der Waals surface area (Å²) in [6.07, 6.45) is 5.30. The number of pyridine rings is 1. The van der Waals surface area contributed by atoms with E-state index in [0.29, 0.717) is 24.7 Å². The van der Waals surface area contributed by atoms with Crippen LogP contribution in [-0.4, -0.2) is 32.0 Å². The van der Waals surface area contributed by atoms with Gasteiger partial charge in [0.1, 0.15) is 11.6 Å². The molecule has 0 amide bonds. The molecule has 2 heterocycles. The van der Waals surface area contributed by atoms with Crippen LogP contribution in [0.1, 0.15) is 13.8 Å². The van der Waals surface area contributed by atoms with Gasteiger partial charge in [0.25, 0.3) is 5.69 Å². The van der Waals surface area contributed by atoms with Crippen LogP contribution in [0.3, 0.4) is 0 Å². The normalized spacial score (nSPS) is 11.9. The summed E-state index contributed by atoms with van der Waals surface area (Å²) in [6.45, 7) is 5.24. The molecule has 2 N–H and O–H groups in total. The van der Waals surface area contributed by atoms with E-state index in [9.17, 15) is 10.1 Å². The number of nitrogens with one attached hydrogen (secondary N) is 2. The zero-order valence-corrected chi connectivity index (χ0v) is 12.0. The molecular formula is C13H18N6O2. The third-order valence-corrected chi connectivity index (χ3v) is 2.82. The fourth-order valence-corrected chi connectivity index (χ4v) is 1.98. The quantitative estimate of drug-likeness (QED) is 0.598. The number of hydrogen-bond acceptors (Lipinski definition) is 6. The SMILES string of the molecule is CCNc1cc([N+](=O)[O-])cc(NC(C)Cn2ccnc2)n1. The molecule has 0 aromatic carbocycles. The standard InChI is InChI=1S/C13H18N6O2/c1-3-15-12-6-11(19(20)21)7-13(17-12)16-10(2)8-18-5-4-14-9-18/h4-7,9-10H,3,8H2,1-2H3,(H2,15,16,17). The first-order valence-corrected chi connectivity index (χ1v) is 6.71. The molecule has 0 saturated carbocycles. The minimum absolute atomic E-state index is 0.0123. The Morgan fingerprint density at radius 1 is 1.43 bits per heavy atom. The van der Waals surface area contributed by atoms with Crippen molar-refractivity contribution in [1.82, 2.24) is 14.5 Å². The van der Waals surface area contributed by atoms with Gasteiger partial charge >= 0.3 is 0 Å². The molecule has 21 heavy (non-hydrogen) atoms. The number of nitrogens with zero attached hydrogens (tertiary/aromatic N) is 4. The number of nitro groups is 1. The lowest BCUT2D eigenvalue weighted by atomic mass is 10.3. The Labute approximate surface area is 122 Å². The third kappa shape index (κ3) is 4.16. The highest BCUT2D eigenvalue weighted by atomic mass is 16.6. The predicted molar refractivity (Wildman–Crippen MR) is 80.4 cm³/mol. The smallest absolute Gasteiger partial charge is 0.276 e. The van der Waals surface area contributed by atoms with Gasteiger partial charge in [0.2, 0.25) is 0 Å². The molecule has 0 radical (unpaired) electrons. The van der Waals surface area contributed by atoms with E-state index in [1.165, 1.54) is 12.1 Å². The van der Waals surface area contributed by atoms with Gasteiger partial charge in [-0.15, -0.1) is 0 Å². The van der Waals surface area contributed by atoms with Crippen molar-refractivity contribution >= 4 is 17.3 Å². The monoisotopic (exact) mass is 290 g/mol. The first-order chi connectivity index (χ1) is 10.1. The van der Waals surface area contributed by atoms with Crippen LogP contribution in [0.5, 0.6) is 0 Å². The van der Waals surface area contributed by atoms with Crippen molar-refractivity contribution in [3.05, 3.63) is 41.0 Å². The van der Waals surface area contributed by atoms with Crippen LogP contribution in [-0.2, 0) is 6.54 Å². The molecule has 0 aliphatic heterocycles. The molecule has 0 saturated heterocycles. The molecule has 1 unspecified atom stereocenters. The van der Waals surface area contributed by atoms with Crippen LogP contribution >= 0.6 is 0 Å². The predicted octanol–water partition coefficient (Wildman–Crippen LogP) is 2.12. The molecule has 0 aliphatic carbocycles. The van der Waals surface area contributed by atoms with Crippen molar-refractivity contribution < 1.29 is 4.92 Å². The molecule has 0 bridgehead atoms. The van der Waals surface area contributed by atoms with Gasteiger partial charge < -0.3 is 15.2 Å². The summed E-state index contributed by atoms with van der Waals surface area (Å²) in [5, 5.41) is 17.1. The van der Waals surface area contributed by atoms with Gasteiger partial charge in [-0.25, -0.2) is 9.97 Å². The topological polar surface area (TPSA) is 97.9 Å². The molecule has 2 aromatic heterocycles. The van der Waals surface area contributed by atoms with E-state index in [1.54, 1.807) is 12.5 Å². The fourth-order valence-electron chi connectivity index (χ4n) is 1.98. The number of imidazole rings is 1. The number of anilines is 2. The molecule has 2 aromatic rings. The van der Waals surface area contributed by atoms with Gasteiger partial charge in [-0.2, -0.15) is 0 Å². The first kappa shape index (κ1) is 14.8. The largest absolute Gasteiger partial charge is 0.370 e. The van der Waals surface area contributed by atoms with Crippen LogP contribution < -0.4 is 10.6 Å². The van der Waals surface area contributed by atoms with Crippen molar-refractivity contribution in [3.8, 4) is 0 Å². The number of rotatable bonds is 7. The van der Waals surface area contributed by atoms with Gasteiger partial charge in [-0.1, -0.05) is 0 Å². The lowest BCUT2D eigenvalue weighted by molar-refractivity contribution is -0.384. The Kier molecular flexibility index (Phi) is 4.70. The molecule has 8 nitrogen and oxygen atoms in total. The Morgan fingerprint density at radius 3 is 2.81 bits per heavy atom. The Hall–Kier alpha value is -2.64. The van der Waals surface area contributed by atoms with Crippen molar-refractivity contribution in [2.45, 2.75) is 26.4 Å². The Morgan fingerprint density at radius 2 is 2.19 bits per heavy atom. The molecule has 8 heteroatoms. The summed E-state index contributed by atoms with van der Waals surface area (Å²) in [4.78, 5) is 18.8. The zero-order chi connectivity index (χ0) is 15.2. The second kappa shape index (κ2) is 6.69. The summed E-state index contributed by atoms with van der Waals surface area (Å²) in [6, 6.07) is 2.92. The van der Waals surface area contributed by atoms with Crippen LogP contribution in [0.15, 0.2) is 30.9 Å². The summed E-state index contributed by atoms with van der Waals surface area (Å²) >= 11 is 0. The maximum absolute atomic E-state index is 11.0. The summed E-state index contributed by atoms with van der Waals surface area (Å²) in [5.41, 5.74) is 0.0123. The van der Waals surface area contributed by atoms with Crippen LogP contribution in [0.2, 0.25) is 0 Å². The van der Waals surface area contributed by atoms with Crippen molar-refractivity contribution in [1.29, 1.82) is 0 Å². The van der Waals surface area contributed by atoms with E-state index in [-0.39, 0.29) is 11.7 Å². The van der Waals surface area contributed by atoms with Crippen LogP contribution in [0, 0.1) is 10.1 Å². The Bertz CT molecular complexity index is 599. The second-order valence-corrected chi connectivity index (χ2v) is 4.69. The number of hydrogen-bond donors (Lipinski definition) is 2. The average Bonchev–Trinajstić information content (AvgIpc) is 2.91. The maximum atomic E-state index is 11.0.